The average molecular weight is 290 g/mol. The number of aryl methyl sites for hydroxylation is 1. The molecule has 1 aromatic rings. The molecule has 0 heterocycles. The molecule has 4 N–H and O–H groups in total. The van der Waals surface area contributed by atoms with Gasteiger partial charge in [-0.1, -0.05) is 0 Å². The maximum Gasteiger partial charge on any atom is 0.0347 e. The lowest BCUT2D eigenvalue weighted by Crippen LogP contribution is -2.15. The summed E-state index contributed by atoms with van der Waals surface area (Å²) in [6.07, 6.45) is 1.96. The molecule has 1 rings (SSSR count). The summed E-state index contributed by atoms with van der Waals surface area (Å²) in [6.45, 7) is 2.02. The van der Waals surface area contributed by atoms with Crippen molar-refractivity contribution in [2.45, 2.75) is 25.8 Å². The van der Waals surface area contributed by atoms with Crippen molar-refractivity contribution in [1.29, 1.82) is 0 Å². The molecule has 1 unspecified atom stereocenters. The summed E-state index contributed by atoms with van der Waals surface area (Å²) in [5.74, 6) is 0. The lowest BCUT2D eigenvalue weighted by atomic mass is 10.1. The van der Waals surface area contributed by atoms with Crippen LogP contribution < -0.4 is 11.5 Å². The van der Waals surface area contributed by atoms with Gasteiger partial charge < -0.3 is 11.5 Å². The smallest absolute Gasteiger partial charge is 0.0347 e. The molecule has 0 bridgehead atoms. The number of hydrogen-bond acceptors (Lipinski definition) is 2. The third-order valence-electron chi connectivity index (χ3n) is 1.97. The molecular formula is C10H15IN2. The van der Waals surface area contributed by atoms with E-state index in [1.807, 2.05) is 19.1 Å². The van der Waals surface area contributed by atoms with Gasteiger partial charge in [-0.05, 0) is 66.1 Å². The van der Waals surface area contributed by atoms with E-state index in [-0.39, 0.29) is 6.04 Å². The van der Waals surface area contributed by atoms with Crippen molar-refractivity contribution in [3.8, 4) is 0 Å². The quantitative estimate of drug-likeness (QED) is 0.662. The Morgan fingerprint density at radius 2 is 2.15 bits per heavy atom. The monoisotopic (exact) mass is 290 g/mol. The summed E-state index contributed by atoms with van der Waals surface area (Å²) < 4.78 is 1.23. The molecule has 0 radical (unpaired) electrons. The molecule has 3 heteroatoms. The molecule has 2 nitrogen and oxygen atoms in total. The third-order valence-corrected chi connectivity index (χ3v) is 2.65. The fourth-order valence-corrected chi connectivity index (χ4v) is 1.73. The van der Waals surface area contributed by atoms with Crippen LogP contribution >= 0.6 is 22.6 Å². The van der Waals surface area contributed by atoms with E-state index in [4.69, 9.17) is 11.5 Å². The van der Waals surface area contributed by atoms with E-state index in [2.05, 4.69) is 28.7 Å². The number of nitrogen functional groups attached to an aromatic ring is 1. The van der Waals surface area contributed by atoms with Gasteiger partial charge in [0.25, 0.3) is 0 Å². The van der Waals surface area contributed by atoms with E-state index < -0.39 is 0 Å². The lowest BCUT2D eigenvalue weighted by Gasteiger charge is -2.08. The zero-order valence-corrected chi connectivity index (χ0v) is 9.91. The normalized spacial score (nSPS) is 12.8. The first kappa shape index (κ1) is 10.8. The summed E-state index contributed by atoms with van der Waals surface area (Å²) >= 11 is 2.29. The van der Waals surface area contributed by atoms with Gasteiger partial charge in [-0.3, -0.25) is 0 Å². The molecule has 1 atom stereocenters. The Bertz CT molecular complexity index is 284. The van der Waals surface area contributed by atoms with Crippen LogP contribution in [0.25, 0.3) is 0 Å². The molecule has 0 saturated carbocycles. The molecule has 0 aliphatic carbocycles. The largest absolute Gasteiger partial charge is 0.399 e. The van der Waals surface area contributed by atoms with Gasteiger partial charge in [-0.25, -0.2) is 0 Å². The average Bonchev–Trinajstić information content (AvgIpc) is 2.06. The van der Waals surface area contributed by atoms with Crippen molar-refractivity contribution in [1.82, 2.24) is 0 Å². The van der Waals surface area contributed by atoms with Gasteiger partial charge in [0.15, 0.2) is 0 Å². The Balaban J connectivity index is 2.70. The Morgan fingerprint density at radius 1 is 1.46 bits per heavy atom. The van der Waals surface area contributed by atoms with Crippen LogP contribution in [-0.4, -0.2) is 6.04 Å². The Labute approximate surface area is 92.8 Å². The Morgan fingerprint density at radius 3 is 2.77 bits per heavy atom. The van der Waals surface area contributed by atoms with Crippen molar-refractivity contribution in [3.63, 3.8) is 0 Å². The van der Waals surface area contributed by atoms with Crippen molar-refractivity contribution < 1.29 is 0 Å². The molecule has 13 heavy (non-hydrogen) atoms. The zero-order valence-electron chi connectivity index (χ0n) is 7.76. The summed E-state index contributed by atoms with van der Waals surface area (Å²) in [7, 11) is 0. The second-order valence-electron chi connectivity index (χ2n) is 3.36. The second kappa shape index (κ2) is 4.81. The SMILES string of the molecule is CC(N)CCc1cc(I)ccc1N. The first-order chi connectivity index (χ1) is 6.09. The first-order valence-corrected chi connectivity index (χ1v) is 5.47. The summed E-state index contributed by atoms with van der Waals surface area (Å²) in [4.78, 5) is 0. The van der Waals surface area contributed by atoms with Crippen molar-refractivity contribution in [2.24, 2.45) is 5.73 Å². The van der Waals surface area contributed by atoms with Gasteiger partial charge in [0.2, 0.25) is 0 Å². The second-order valence-corrected chi connectivity index (χ2v) is 4.60. The highest BCUT2D eigenvalue weighted by Gasteiger charge is 2.01. The predicted molar refractivity (Wildman–Crippen MR) is 65.5 cm³/mol. The van der Waals surface area contributed by atoms with Crippen LogP contribution in [0.3, 0.4) is 0 Å². The predicted octanol–water partition coefficient (Wildman–Crippen LogP) is 2.15. The Hall–Kier alpha value is -0.290. The highest BCUT2D eigenvalue weighted by Crippen LogP contribution is 2.17. The van der Waals surface area contributed by atoms with Crippen molar-refractivity contribution in [2.75, 3.05) is 5.73 Å². The molecule has 0 aromatic heterocycles. The maximum absolute atomic E-state index is 5.83. The number of rotatable bonds is 3. The van der Waals surface area contributed by atoms with E-state index in [0.717, 1.165) is 18.5 Å². The van der Waals surface area contributed by atoms with E-state index in [0.29, 0.717) is 0 Å². The fourth-order valence-electron chi connectivity index (χ4n) is 1.17. The van der Waals surface area contributed by atoms with E-state index in [9.17, 15) is 0 Å². The minimum atomic E-state index is 0.247. The molecule has 72 valence electrons. The van der Waals surface area contributed by atoms with Gasteiger partial charge in [-0.15, -0.1) is 0 Å². The van der Waals surface area contributed by atoms with E-state index in [1.165, 1.54) is 9.13 Å². The fraction of sp³-hybridized carbons (Fsp3) is 0.400. The molecule has 0 aliphatic heterocycles. The van der Waals surface area contributed by atoms with Crippen LogP contribution in [0.5, 0.6) is 0 Å². The standard InChI is InChI=1S/C10H15IN2/c1-7(12)2-3-8-6-9(11)4-5-10(8)13/h4-7H,2-3,12-13H2,1H3. The van der Waals surface area contributed by atoms with Crippen LogP contribution in [0.1, 0.15) is 18.9 Å². The van der Waals surface area contributed by atoms with Crippen LogP contribution in [0.15, 0.2) is 18.2 Å². The summed E-state index contributed by atoms with van der Waals surface area (Å²) in [6, 6.07) is 6.35. The molecule has 0 amide bonds. The zero-order chi connectivity index (χ0) is 9.84. The number of hydrogen-bond donors (Lipinski definition) is 2. The molecule has 0 fully saturated rings. The van der Waals surface area contributed by atoms with Gasteiger partial charge in [0.1, 0.15) is 0 Å². The van der Waals surface area contributed by atoms with Gasteiger partial charge in [-0.2, -0.15) is 0 Å². The molecular weight excluding hydrogens is 275 g/mol. The van der Waals surface area contributed by atoms with Gasteiger partial charge >= 0.3 is 0 Å². The number of anilines is 1. The molecule has 0 aliphatic rings. The molecule has 0 spiro atoms. The highest BCUT2D eigenvalue weighted by atomic mass is 127. The van der Waals surface area contributed by atoms with E-state index >= 15 is 0 Å². The van der Waals surface area contributed by atoms with Crippen molar-refractivity contribution >= 4 is 28.3 Å². The van der Waals surface area contributed by atoms with Gasteiger partial charge in [0.05, 0.1) is 0 Å². The van der Waals surface area contributed by atoms with Crippen LogP contribution in [0.4, 0.5) is 5.69 Å². The number of nitrogens with two attached hydrogens (primary N) is 2. The number of halogens is 1. The van der Waals surface area contributed by atoms with E-state index in [1.54, 1.807) is 0 Å². The highest BCUT2D eigenvalue weighted by molar-refractivity contribution is 14.1. The van der Waals surface area contributed by atoms with Crippen molar-refractivity contribution in [3.05, 3.63) is 27.3 Å². The first-order valence-electron chi connectivity index (χ1n) is 4.39. The summed E-state index contributed by atoms with van der Waals surface area (Å²) in [5, 5.41) is 0. The van der Waals surface area contributed by atoms with Gasteiger partial charge in [0, 0.05) is 15.3 Å². The molecule has 0 saturated heterocycles. The topological polar surface area (TPSA) is 52.0 Å². The lowest BCUT2D eigenvalue weighted by molar-refractivity contribution is 0.667. The van der Waals surface area contributed by atoms with Crippen LogP contribution in [0, 0.1) is 3.57 Å². The van der Waals surface area contributed by atoms with Crippen LogP contribution in [0.2, 0.25) is 0 Å². The minimum absolute atomic E-state index is 0.247. The maximum atomic E-state index is 5.83. The number of benzene rings is 1. The minimum Gasteiger partial charge on any atom is -0.399 e. The molecule has 1 aromatic carbocycles. The Kier molecular flexibility index (Phi) is 3.99. The third kappa shape index (κ3) is 3.52. The summed E-state index contributed by atoms with van der Waals surface area (Å²) in [5.41, 5.74) is 13.6. The van der Waals surface area contributed by atoms with Crippen LogP contribution in [-0.2, 0) is 6.42 Å².